The second kappa shape index (κ2) is 10.8. The Bertz CT molecular complexity index is 1290. The Balaban J connectivity index is 1.40. The number of hydrogen-bond donors (Lipinski definition) is 6. The fraction of sp³-hybridized carbons (Fsp3) is 0.889. The van der Waals surface area contributed by atoms with Gasteiger partial charge < -0.3 is 40.1 Å². The Hall–Kier alpha value is -1.40. The number of aliphatic hydroxyl groups excluding tert-OH is 5. The van der Waals surface area contributed by atoms with Crippen molar-refractivity contribution in [1.29, 1.82) is 0 Å². The smallest absolute Gasteiger partial charge is 0.315 e. The molecule has 6 aliphatic rings. The Kier molecular flexibility index (Phi) is 8.09. The predicted octanol–water partition coefficient (Wildman–Crippen LogP) is 2.64. The summed E-state index contributed by atoms with van der Waals surface area (Å²) in [6, 6.07) is 0. The third kappa shape index (κ3) is 4.32. The van der Waals surface area contributed by atoms with Gasteiger partial charge in [0, 0.05) is 17.8 Å². The Morgan fingerprint density at radius 3 is 2.26 bits per heavy atom. The number of allylic oxidation sites excluding steroid dienone is 1. The van der Waals surface area contributed by atoms with Crippen molar-refractivity contribution in [1.82, 2.24) is 0 Å². The van der Waals surface area contributed by atoms with E-state index in [2.05, 4.69) is 26.8 Å². The van der Waals surface area contributed by atoms with E-state index in [-0.39, 0.29) is 39.8 Å². The minimum Gasteiger partial charge on any atom is -0.432 e. The van der Waals surface area contributed by atoms with Gasteiger partial charge in [-0.3, -0.25) is 9.59 Å². The van der Waals surface area contributed by atoms with Crippen molar-refractivity contribution in [3.63, 3.8) is 0 Å². The molecule has 10 nitrogen and oxygen atoms in total. The molecule has 5 aliphatic carbocycles. The van der Waals surface area contributed by atoms with E-state index in [4.69, 9.17) is 9.47 Å². The zero-order valence-electron chi connectivity index (χ0n) is 28.5. The van der Waals surface area contributed by atoms with Gasteiger partial charge in [0.25, 0.3) is 0 Å². The van der Waals surface area contributed by atoms with Gasteiger partial charge in [-0.1, -0.05) is 53.2 Å². The molecule has 1 aliphatic heterocycles. The minimum atomic E-state index is -1.71. The van der Waals surface area contributed by atoms with Crippen molar-refractivity contribution in [2.24, 2.45) is 50.7 Å². The molecule has 0 aromatic carbocycles. The summed E-state index contributed by atoms with van der Waals surface area (Å²) in [4.78, 5) is 27.7. The van der Waals surface area contributed by atoms with Gasteiger partial charge in [0.05, 0.1) is 17.6 Å². The second-order valence-corrected chi connectivity index (χ2v) is 17.5. The summed E-state index contributed by atoms with van der Waals surface area (Å²) < 4.78 is 11.4. The number of fused-ring (bicyclic) bond motifs is 7. The van der Waals surface area contributed by atoms with Crippen LogP contribution >= 0.6 is 0 Å². The maximum Gasteiger partial charge on any atom is 0.315 e. The molecule has 0 spiro atoms. The SMILES string of the molecule is C[C@@H]1CC[C@]2(C(=O)O[C@@H]3O[C@H](CO)[C@@H](O)[C@H](O)[C@H]3O)CC[C@]3(C)C(=CC[C@@H]4[C@@]5(C)CC(=O)[C@@H](O)C(C)(C)[C@@H]5CC[C@]43C)[C@@H]2[C@]1(C)O. The average molecular weight is 649 g/mol. The normalized spacial score (nSPS) is 54.8. The lowest BCUT2D eigenvalue weighted by atomic mass is 9.33. The van der Waals surface area contributed by atoms with Crippen molar-refractivity contribution in [2.45, 2.75) is 142 Å². The van der Waals surface area contributed by atoms with Crippen LogP contribution in [0.1, 0.15) is 99.8 Å². The van der Waals surface area contributed by atoms with Crippen molar-refractivity contribution in [3.8, 4) is 0 Å². The van der Waals surface area contributed by atoms with Crippen LogP contribution in [0.4, 0.5) is 0 Å². The van der Waals surface area contributed by atoms with Gasteiger partial charge in [0.1, 0.15) is 30.5 Å². The predicted molar refractivity (Wildman–Crippen MR) is 167 cm³/mol. The number of carbonyl (C=O) groups excluding carboxylic acids is 2. The van der Waals surface area contributed by atoms with Crippen molar-refractivity contribution >= 4 is 11.8 Å². The lowest BCUT2D eigenvalue weighted by Gasteiger charge is -2.71. The Morgan fingerprint density at radius 1 is 0.935 bits per heavy atom. The Morgan fingerprint density at radius 2 is 1.61 bits per heavy atom. The van der Waals surface area contributed by atoms with Gasteiger partial charge >= 0.3 is 5.97 Å². The lowest BCUT2D eigenvalue weighted by molar-refractivity contribution is -0.299. The molecule has 6 N–H and O–H groups in total. The van der Waals surface area contributed by atoms with Crippen LogP contribution in [-0.4, -0.2) is 91.4 Å². The van der Waals surface area contributed by atoms with Crippen LogP contribution < -0.4 is 0 Å². The van der Waals surface area contributed by atoms with Crippen molar-refractivity contribution in [2.75, 3.05) is 6.61 Å². The van der Waals surface area contributed by atoms with Crippen LogP contribution in [-0.2, 0) is 19.1 Å². The van der Waals surface area contributed by atoms with E-state index >= 15 is 0 Å². The molecule has 10 heteroatoms. The molecule has 0 aromatic heterocycles. The van der Waals surface area contributed by atoms with E-state index in [1.54, 1.807) is 0 Å². The van der Waals surface area contributed by atoms with E-state index in [0.717, 1.165) is 18.4 Å². The highest BCUT2D eigenvalue weighted by molar-refractivity contribution is 5.85. The topological polar surface area (TPSA) is 174 Å². The summed E-state index contributed by atoms with van der Waals surface area (Å²) in [5.74, 6) is -1.04. The first-order valence-electron chi connectivity index (χ1n) is 17.4. The highest BCUT2D eigenvalue weighted by Crippen LogP contribution is 2.76. The third-order valence-corrected chi connectivity index (χ3v) is 15.3. The molecule has 6 rings (SSSR count). The molecule has 0 radical (unpaired) electrons. The monoisotopic (exact) mass is 648 g/mol. The zero-order valence-corrected chi connectivity index (χ0v) is 28.5. The van der Waals surface area contributed by atoms with Crippen molar-refractivity contribution in [3.05, 3.63) is 11.6 Å². The highest BCUT2D eigenvalue weighted by Gasteiger charge is 2.72. The molecule has 0 amide bonds. The molecule has 0 aromatic rings. The molecular weight excluding hydrogens is 592 g/mol. The van der Waals surface area contributed by atoms with E-state index in [1.807, 2.05) is 27.7 Å². The maximum atomic E-state index is 14.4. The molecule has 1 heterocycles. The van der Waals surface area contributed by atoms with Crippen LogP contribution in [0.25, 0.3) is 0 Å². The number of ether oxygens (including phenoxy) is 2. The van der Waals surface area contributed by atoms with Crippen LogP contribution in [0.2, 0.25) is 0 Å². The maximum absolute atomic E-state index is 14.4. The first-order valence-corrected chi connectivity index (χ1v) is 17.4. The molecule has 260 valence electrons. The Labute approximate surface area is 272 Å². The molecule has 0 bridgehead atoms. The summed E-state index contributed by atoms with van der Waals surface area (Å²) >= 11 is 0. The minimum absolute atomic E-state index is 0.0874. The first-order chi connectivity index (χ1) is 21.2. The summed E-state index contributed by atoms with van der Waals surface area (Å²) in [6.07, 6.45) is -1.47. The van der Waals surface area contributed by atoms with Gasteiger partial charge in [-0.2, -0.15) is 0 Å². The molecule has 46 heavy (non-hydrogen) atoms. The number of carbonyl (C=O) groups is 2. The first kappa shape index (κ1) is 34.5. The number of hydrogen-bond acceptors (Lipinski definition) is 10. The quantitative estimate of drug-likeness (QED) is 0.197. The number of rotatable bonds is 3. The van der Waals surface area contributed by atoms with Crippen LogP contribution in [0.3, 0.4) is 0 Å². The summed E-state index contributed by atoms with van der Waals surface area (Å²) in [6.45, 7) is 14.1. The lowest BCUT2D eigenvalue weighted by Crippen LogP contribution is -2.69. The average Bonchev–Trinajstić information content (AvgIpc) is 2.98. The van der Waals surface area contributed by atoms with Crippen molar-refractivity contribution < 1.29 is 49.7 Å². The molecule has 4 saturated carbocycles. The molecule has 15 atom stereocenters. The third-order valence-electron chi connectivity index (χ3n) is 15.3. The number of ketones is 1. The highest BCUT2D eigenvalue weighted by atomic mass is 16.7. The van der Waals surface area contributed by atoms with E-state index in [1.165, 1.54) is 0 Å². The largest absolute Gasteiger partial charge is 0.432 e. The summed E-state index contributed by atoms with van der Waals surface area (Å²) in [5.41, 5.74) is -2.76. The van der Waals surface area contributed by atoms with E-state index in [9.17, 15) is 40.2 Å². The zero-order chi connectivity index (χ0) is 34.0. The van der Waals surface area contributed by atoms with Gasteiger partial charge in [-0.25, -0.2) is 0 Å². The van der Waals surface area contributed by atoms with Crippen LogP contribution in [0.5, 0.6) is 0 Å². The van der Waals surface area contributed by atoms with Gasteiger partial charge in [-0.15, -0.1) is 0 Å². The molecule has 0 unspecified atom stereocenters. The number of aliphatic hydroxyl groups is 6. The van der Waals surface area contributed by atoms with Gasteiger partial charge in [0.2, 0.25) is 6.29 Å². The standard InChI is InChI=1S/C36H56O10/c1-18-10-13-36(30(43)46-29-26(41)25(40)24(39)21(17-37)45-29)15-14-33(5)19(27(36)35(18,7)44)8-9-23-32(4)16-20(38)28(42)31(2,3)22(32)11-12-34(23,33)6/h8,18,21-29,37,39-42,44H,9-17H2,1-7H3/t18-,21-,22+,23-,24-,25+,26-,27-,28-,29+,32+,33-,34-,35-,36+/m1/s1. The second-order valence-electron chi connectivity index (χ2n) is 17.5. The van der Waals surface area contributed by atoms with Crippen LogP contribution in [0.15, 0.2) is 11.6 Å². The molecular formula is C36H56O10. The van der Waals surface area contributed by atoms with E-state index < -0.39 is 71.7 Å². The fourth-order valence-electron chi connectivity index (χ4n) is 12.1. The summed E-state index contributed by atoms with van der Waals surface area (Å²) in [5, 5.41) is 64.3. The fourth-order valence-corrected chi connectivity index (χ4v) is 12.1. The molecule has 5 fully saturated rings. The van der Waals surface area contributed by atoms with Gasteiger partial charge in [-0.05, 0) is 85.9 Å². The number of esters is 1. The van der Waals surface area contributed by atoms with Crippen LogP contribution in [0, 0.1) is 50.7 Å². The summed E-state index contributed by atoms with van der Waals surface area (Å²) in [7, 11) is 0. The van der Waals surface area contributed by atoms with Gasteiger partial charge in [0.15, 0.2) is 5.78 Å². The van der Waals surface area contributed by atoms with E-state index in [0.29, 0.717) is 38.5 Å². The molecule has 1 saturated heterocycles. The number of Topliss-reactive ketones (excluding diaryl/α,β-unsaturated/α-hetero) is 1.